The Balaban J connectivity index is 2.19. The molecule has 0 heterocycles. The van der Waals surface area contributed by atoms with Crippen LogP contribution in [0.4, 0.5) is 0 Å². The SMILES string of the molecule is O=C(C[SiH3])NC1CCCCC1. The summed E-state index contributed by atoms with van der Waals surface area (Å²) in [6.07, 6.45) is 6.35. The average Bonchev–Trinajstić information content (AvgIpc) is 2.06. The van der Waals surface area contributed by atoms with Gasteiger partial charge in [0.05, 0.1) is 0 Å². The van der Waals surface area contributed by atoms with Gasteiger partial charge in [0, 0.05) is 22.3 Å². The van der Waals surface area contributed by atoms with Crippen molar-refractivity contribution in [1.29, 1.82) is 0 Å². The summed E-state index contributed by atoms with van der Waals surface area (Å²) in [7, 11) is 0.991. The van der Waals surface area contributed by atoms with E-state index in [1.165, 1.54) is 32.1 Å². The fourth-order valence-electron chi connectivity index (χ4n) is 1.58. The van der Waals surface area contributed by atoms with Gasteiger partial charge < -0.3 is 5.32 Å². The molecule has 1 aliphatic rings. The van der Waals surface area contributed by atoms with Gasteiger partial charge in [0.1, 0.15) is 0 Å². The van der Waals surface area contributed by atoms with Gasteiger partial charge in [-0.05, 0) is 12.8 Å². The monoisotopic (exact) mass is 171 g/mol. The first kappa shape index (κ1) is 8.78. The van der Waals surface area contributed by atoms with Gasteiger partial charge in [0.15, 0.2) is 0 Å². The number of carbonyl (C=O) groups excluding carboxylic acids is 1. The Morgan fingerprint density at radius 2 is 2.00 bits per heavy atom. The van der Waals surface area contributed by atoms with E-state index in [1.54, 1.807) is 0 Å². The van der Waals surface area contributed by atoms with Crippen LogP contribution in [0.1, 0.15) is 32.1 Å². The molecule has 0 unspecified atom stereocenters. The molecule has 64 valence electrons. The Kier molecular flexibility index (Phi) is 3.63. The number of carbonyl (C=O) groups is 1. The lowest BCUT2D eigenvalue weighted by molar-refractivity contribution is -0.119. The van der Waals surface area contributed by atoms with Gasteiger partial charge >= 0.3 is 0 Å². The summed E-state index contributed by atoms with van der Waals surface area (Å²) in [5.74, 6) is 0.267. The summed E-state index contributed by atoms with van der Waals surface area (Å²) in [5.41, 5.74) is 0. The highest BCUT2D eigenvalue weighted by atomic mass is 28.1. The summed E-state index contributed by atoms with van der Waals surface area (Å²) in [6.45, 7) is 0. The molecule has 0 aromatic rings. The molecule has 0 aliphatic heterocycles. The van der Waals surface area contributed by atoms with Crippen molar-refractivity contribution in [2.45, 2.75) is 44.2 Å². The first-order chi connectivity index (χ1) is 5.33. The molecule has 0 atom stereocenters. The van der Waals surface area contributed by atoms with E-state index in [9.17, 15) is 4.79 Å². The number of hydrogen-bond acceptors (Lipinski definition) is 1. The Morgan fingerprint density at radius 3 is 2.55 bits per heavy atom. The summed E-state index contributed by atoms with van der Waals surface area (Å²) in [4.78, 5) is 11.0. The van der Waals surface area contributed by atoms with E-state index >= 15 is 0 Å². The van der Waals surface area contributed by atoms with E-state index in [0.29, 0.717) is 6.04 Å². The third-order valence-electron chi connectivity index (χ3n) is 2.29. The molecule has 1 fully saturated rings. The molecule has 0 aromatic carbocycles. The lowest BCUT2D eigenvalue weighted by atomic mass is 9.95. The van der Waals surface area contributed by atoms with E-state index < -0.39 is 0 Å². The second kappa shape index (κ2) is 4.54. The molecule has 1 aliphatic carbocycles. The van der Waals surface area contributed by atoms with Crippen molar-refractivity contribution in [3.8, 4) is 0 Å². The normalized spacial score (nSPS) is 20.0. The molecular formula is C8H17NOSi. The van der Waals surface area contributed by atoms with Crippen LogP contribution >= 0.6 is 0 Å². The fourth-order valence-corrected chi connectivity index (χ4v) is 1.78. The first-order valence-corrected chi connectivity index (χ1v) is 6.03. The second-order valence-electron chi connectivity index (χ2n) is 3.26. The molecule has 1 N–H and O–H groups in total. The molecule has 0 bridgehead atoms. The minimum atomic E-state index is 0.267. The van der Waals surface area contributed by atoms with Gasteiger partial charge in [0.25, 0.3) is 0 Å². The predicted octanol–water partition coefficient (Wildman–Crippen LogP) is 0.219. The van der Waals surface area contributed by atoms with Crippen molar-refractivity contribution >= 4 is 16.1 Å². The van der Waals surface area contributed by atoms with E-state index in [0.717, 1.165) is 16.3 Å². The van der Waals surface area contributed by atoms with Crippen LogP contribution < -0.4 is 5.32 Å². The van der Waals surface area contributed by atoms with E-state index in [4.69, 9.17) is 0 Å². The van der Waals surface area contributed by atoms with Gasteiger partial charge in [-0.25, -0.2) is 0 Å². The standard InChI is InChI=1S/C8H17NOSi/c10-8(6-11)9-7-4-2-1-3-5-7/h7H,1-6H2,11H3,(H,9,10). The van der Waals surface area contributed by atoms with Gasteiger partial charge in [0.2, 0.25) is 5.91 Å². The summed E-state index contributed by atoms with van der Waals surface area (Å²) in [5, 5.41) is 3.06. The largest absolute Gasteiger partial charge is 0.354 e. The summed E-state index contributed by atoms with van der Waals surface area (Å²) >= 11 is 0. The van der Waals surface area contributed by atoms with Crippen LogP contribution in [0.25, 0.3) is 0 Å². The molecule has 0 saturated heterocycles. The number of nitrogens with one attached hydrogen (secondary N) is 1. The molecular weight excluding hydrogens is 154 g/mol. The highest BCUT2D eigenvalue weighted by Gasteiger charge is 2.13. The number of hydrogen-bond donors (Lipinski definition) is 1. The van der Waals surface area contributed by atoms with Crippen molar-refractivity contribution in [1.82, 2.24) is 5.32 Å². The van der Waals surface area contributed by atoms with Crippen LogP contribution in [0, 0.1) is 0 Å². The third kappa shape index (κ3) is 3.06. The zero-order valence-electron chi connectivity index (χ0n) is 7.23. The van der Waals surface area contributed by atoms with Gasteiger partial charge in [-0.2, -0.15) is 0 Å². The molecule has 2 nitrogen and oxygen atoms in total. The zero-order valence-corrected chi connectivity index (χ0v) is 9.23. The maximum atomic E-state index is 11.0. The highest BCUT2D eigenvalue weighted by molar-refractivity contribution is 6.19. The minimum Gasteiger partial charge on any atom is -0.354 e. The van der Waals surface area contributed by atoms with Gasteiger partial charge in [-0.3, -0.25) is 4.79 Å². The van der Waals surface area contributed by atoms with Crippen molar-refractivity contribution < 1.29 is 4.79 Å². The zero-order chi connectivity index (χ0) is 8.10. The van der Waals surface area contributed by atoms with Crippen molar-refractivity contribution in [2.75, 3.05) is 0 Å². The Hall–Kier alpha value is -0.313. The summed E-state index contributed by atoms with van der Waals surface area (Å²) in [6, 6.07) is 1.27. The molecule has 1 amide bonds. The van der Waals surface area contributed by atoms with Crippen molar-refractivity contribution in [2.24, 2.45) is 0 Å². The quantitative estimate of drug-likeness (QED) is 0.592. The van der Waals surface area contributed by atoms with Crippen LogP contribution in [0.5, 0.6) is 0 Å². The molecule has 0 spiro atoms. The number of rotatable bonds is 2. The maximum Gasteiger partial charge on any atom is 0.216 e. The first-order valence-electron chi connectivity index (χ1n) is 4.62. The van der Waals surface area contributed by atoms with Crippen LogP contribution in [0.2, 0.25) is 6.04 Å². The smallest absolute Gasteiger partial charge is 0.216 e. The van der Waals surface area contributed by atoms with E-state index in [-0.39, 0.29) is 5.91 Å². The molecule has 1 rings (SSSR count). The van der Waals surface area contributed by atoms with Crippen molar-refractivity contribution in [3.63, 3.8) is 0 Å². The molecule has 3 heteroatoms. The fraction of sp³-hybridized carbons (Fsp3) is 0.875. The van der Waals surface area contributed by atoms with Gasteiger partial charge in [-0.1, -0.05) is 19.3 Å². The van der Waals surface area contributed by atoms with Crippen LogP contribution in [0.15, 0.2) is 0 Å². The molecule has 11 heavy (non-hydrogen) atoms. The molecule has 0 aromatic heterocycles. The highest BCUT2D eigenvalue weighted by Crippen LogP contribution is 2.17. The Labute approximate surface area is 71.2 Å². The predicted molar refractivity (Wildman–Crippen MR) is 49.8 cm³/mol. The second-order valence-corrected chi connectivity index (χ2v) is 3.96. The van der Waals surface area contributed by atoms with Crippen LogP contribution in [0.3, 0.4) is 0 Å². The molecule has 1 saturated carbocycles. The van der Waals surface area contributed by atoms with E-state index in [1.807, 2.05) is 0 Å². The average molecular weight is 171 g/mol. The number of amides is 1. The maximum absolute atomic E-state index is 11.0. The lowest BCUT2D eigenvalue weighted by Gasteiger charge is -2.22. The minimum absolute atomic E-state index is 0.267. The topological polar surface area (TPSA) is 29.1 Å². The Morgan fingerprint density at radius 1 is 1.36 bits per heavy atom. The Bertz CT molecular complexity index is 132. The molecule has 0 radical (unpaired) electrons. The summed E-state index contributed by atoms with van der Waals surface area (Å²) < 4.78 is 0. The third-order valence-corrected chi connectivity index (χ3v) is 2.93. The van der Waals surface area contributed by atoms with Crippen LogP contribution in [-0.4, -0.2) is 22.2 Å². The van der Waals surface area contributed by atoms with E-state index in [2.05, 4.69) is 5.32 Å². The van der Waals surface area contributed by atoms with Gasteiger partial charge in [-0.15, -0.1) is 0 Å². The lowest BCUT2D eigenvalue weighted by Crippen LogP contribution is -2.35. The van der Waals surface area contributed by atoms with Crippen LogP contribution in [-0.2, 0) is 4.79 Å². The van der Waals surface area contributed by atoms with Crippen molar-refractivity contribution in [3.05, 3.63) is 0 Å².